The van der Waals surface area contributed by atoms with Crippen LogP contribution in [0.4, 0.5) is 14.5 Å². The normalized spacial score (nSPS) is 11.5. The summed E-state index contributed by atoms with van der Waals surface area (Å²) in [7, 11) is 1.42. The van der Waals surface area contributed by atoms with Gasteiger partial charge < -0.3 is 5.32 Å². The van der Waals surface area contributed by atoms with E-state index in [1.54, 1.807) is 42.5 Å². The Balaban J connectivity index is 1.98. The lowest BCUT2D eigenvalue weighted by Crippen LogP contribution is -2.17. The van der Waals surface area contributed by atoms with Crippen molar-refractivity contribution in [2.75, 3.05) is 5.32 Å². The van der Waals surface area contributed by atoms with Gasteiger partial charge in [0.2, 0.25) is 0 Å². The third kappa shape index (κ3) is 4.24. The van der Waals surface area contributed by atoms with E-state index in [2.05, 4.69) is 10.4 Å². The quantitative estimate of drug-likeness (QED) is 0.521. The van der Waals surface area contributed by atoms with Crippen LogP contribution in [-0.4, -0.2) is 15.7 Å². The van der Waals surface area contributed by atoms with Gasteiger partial charge in [0.05, 0.1) is 15.6 Å². The lowest BCUT2D eigenvalue weighted by Gasteiger charge is -2.13. The number of anilines is 1. The zero-order chi connectivity index (χ0) is 19.8. The molecule has 0 bridgehead atoms. The number of benzene rings is 2. The number of nitrogens with one attached hydrogen (secondary N) is 1. The molecular weight excluding hydrogens is 419 g/mol. The van der Waals surface area contributed by atoms with Gasteiger partial charge in [-0.25, -0.2) is 0 Å². The molecule has 2 aromatic carbocycles. The Hall–Kier alpha value is -2.15. The van der Waals surface area contributed by atoms with Crippen molar-refractivity contribution in [3.63, 3.8) is 0 Å². The number of para-hydroxylation sites is 1. The molecule has 0 saturated carbocycles. The molecule has 1 heterocycles. The molecule has 4 nitrogen and oxygen atoms in total. The highest BCUT2D eigenvalue weighted by molar-refractivity contribution is 6.42. The average molecular weight is 431 g/mol. The van der Waals surface area contributed by atoms with E-state index in [9.17, 15) is 13.6 Å². The van der Waals surface area contributed by atoms with E-state index in [0.717, 1.165) is 4.68 Å². The van der Waals surface area contributed by atoms with Crippen LogP contribution in [0.2, 0.25) is 10.0 Å². The van der Waals surface area contributed by atoms with Gasteiger partial charge in [-0.05, 0) is 35.4 Å². The van der Waals surface area contributed by atoms with Crippen molar-refractivity contribution in [3.8, 4) is 11.1 Å². The largest absolute Gasteiger partial charge is 0.367 e. The minimum atomic E-state index is -3.77. The maximum Gasteiger partial charge on any atom is 0.367 e. The van der Waals surface area contributed by atoms with Crippen molar-refractivity contribution in [2.24, 2.45) is 7.05 Å². The molecule has 1 N–H and O–H groups in total. The van der Waals surface area contributed by atoms with Gasteiger partial charge in [0.15, 0.2) is 5.69 Å². The Morgan fingerprint density at radius 2 is 1.85 bits per heavy atom. The smallest absolute Gasteiger partial charge is 0.321 e. The van der Waals surface area contributed by atoms with Crippen LogP contribution in [0.1, 0.15) is 16.1 Å². The van der Waals surface area contributed by atoms with E-state index in [4.69, 9.17) is 34.8 Å². The number of carbonyl (C=O) groups excluding carboxylic acids is 1. The third-order valence-corrected chi connectivity index (χ3v) is 4.67. The Morgan fingerprint density at radius 1 is 1.15 bits per heavy atom. The number of aryl methyl sites for hydroxylation is 1. The molecule has 3 rings (SSSR count). The minimum absolute atomic E-state index is 0.318. The first-order valence-corrected chi connectivity index (χ1v) is 8.77. The molecule has 0 aliphatic carbocycles. The Kier molecular flexibility index (Phi) is 5.42. The molecule has 0 unspecified atom stereocenters. The van der Waals surface area contributed by atoms with Crippen LogP contribution in [0, 0.1) is 0 Å². The van der Waals surface area contributed by atoms with Crippen molar-refractivity contribution < 1.29 is 13.6 Å². The molecule has 0 radical (unpaired) electrons. The number of rotatable bonds is 4. The van der Waals surface area contributed by atoms with Crippen LogP contribution in [-0.2, 0) is 12.4 Å². The average Bonchev–Trinajstić information content (AvgIpc) is 3.00. The third-order valence-electron chi connectivity index (χ3n) is 3.75. The summed E-state index contributed by atoms with van der Waals surface area (Å²) >= 11 is 17.1. The van der Waals surface area contributed by atoms with Gasteiger partial charge in [-0.3, -0.25) is 9.48 Å². The van der Waals surface area contributed by atoms with Crippen LogP contribution < -0.4 is 5.32 Å². The van der Waals surface area contributed by atoms with E-state index in [0.29, 0.717) is 26.9 Å². The number of alkyl halides is 3. The lowest BCUT2D eigenvalue weighted by molar-refractivity contribution is 0.0849. The van der Waals surface area contributed by atoms with Crippen LogP contribution in [0.3, 0.4) is 0 Å². The first-order valence-electron chi connectivity index (χ1n) is 7.63. The number of halogens is 5. The number of amides is 1. The van der Waals surface area contributed by atoms with Gasteiger partial charge in [0, 0.05) is 24.5 Å². The molecule has 0 aliphatic rings. The van der Waals surface area contributed by atoms with E-state index >= 15 is 0 Å². The van der Waals surface area contributed by atoms with Gasteiger partial charge in [0.25, 0.3) is 5.91 Å². The number of aromatic nitrogens is 2. The molecule has 9 heteroatoms. The van der Waals surface area contributed by atoms with Gasteiger partial charge in [-0.2, -0.15) is 13.9 Å². The molecular formula is C18H12Cl3F2N3O. The monoisotopic (exact) mass is 429 g/mol. The number of hydrogen-bond acceptors (Lipinski definition) is 2. The Labute approximate surface area is 168 Å². The Bertz CT molecular complexity index is 1020. The van der Waals surface area contributed by atoms with Crippen LogP contribution >= 0.6 is 34.8 Å². The standard InChI is InChI=1S/C18H12Cl3F2N3O/c1-26-9-12(16(25-26)18(21,22)23)17(27)24-15-5-3-2-4-11(15)10-6-7-13(19)14(20)8-10/h2-9H,1H3,(H,24,27). The van der Waals surface area contributed by atoms with E-state index in [1.807, 2.05) is 0 Å². The molecule has 27 heavy (non-hydrogen) atoms. The number of nitrogens with zero attached hydrogens (tertiary/aromatic N) is 2. The molecule has 0 spiro atoms. The number of hydrogen-bond donors (Lipinski definition) is 1. The summed E-state index contributed by atoms with van der Waals surface area (Å²) in [6, 6.07) is 11.9. The first kappa shape index (κ1) is 19.6. The molecule has 0 aliphatic heterocycles. The second-order valence-electron chi connectivity index (χ2n) is 5.69. The SMILES string of the molecule is Cn1cc(C(=O)Nc2ccccc2-c2ccc(Cl)c(Cl)c2)c(C(F)(F)Cl)n1. The summed E-state index contributed by atoms with van der Waals surface area (Å²) in [5.41, 5.74) is 0.632. The summed E-state index contributed by atoms with van der Waals surface area (Å²) in [5, 5.41) is 3.19. The van der Waals surface area contributed by atoms with Gasteiger partial charge >= 0.3 is 5.38 Å². The van der Waals surface area contributed by atoms with Crippen molar-refractivity contribution in [3.05, 3.63) is 70.0 Å². The number of carbonyl (C=O) groups is 1. The fraction of sp³-hybridized carbons (Fsp3) is 0.111. The highest BCUT2D eigenvalue weighted by atomic mass is 35.5. The van der Waals surface area contributed by atoms with Crippen LogP contribution in [0.25, 0.3) is 11.1 Å². The zero-order valence-electron chi connectivity index (χ0n) is 13.8. The Morgan fingerprint density at radius 3 is 2.52 bits per heavy atom. The summed E-state index contributed by atoms with van der Waals surface area (Å²) in [5.74, 6) is -0.758. The lowest BCUT2D eigenvalue weighted by atomic mass is 10.0. The predicted molar refractivity (Wildman–Crippen MR) is 103 cm³/mol. The molecule has 0 saturated heterocycles. The van der Waals surface area contributed by atoms with Crippen LogP contribution in [0.15, 0.2) is 48.7 Å². The molecule has 140 valence electrons. The van der Waals surface area contributed by atoms with Crippen LogP contribution in [0.5, 0.6) is 0 Å². The molecule has 1 aromatic heterocycles. The van der Waals surface area contributed by atoms with Crippen molar-refractivity contribution in [2.45, 2.75) is 5.38 Å². The summed E-state index contributed by atoms with van der Waals surface area (Å²) in [6.45, 7) is 0. The fourth-order valence-corrected chi connectivity index (χ4v) is 3.00. The fourth-order valence-electron chi connectivity index (χ4n) is 2.56. The second kappa shape index (κ2) is 7.46. The highest BCUT2D eigenvalue weighted by Crippen LogP contribution is 2.35. The maximum absolute atomic E-state index is 13.5. The van der Waals surface area contributed by atoms with Gasteiger partial charge in [0.1, 0.15) is 0 Å². The second-order valence-corrected chi connectivity index (χ2v) is 6.98. The molecule has 0 fully saturated rings. The van der Waals surface area contributed by atoms with E-state index in [1.165, 1.54) is 13.2 Å². The summed E-state index contributed by atoms with van der Waals surface area (Å²) < 4.78 is 28.2. The van der Waals surface area contributed by atoms with E-state index < -0.39 is 17.0 Å². The predicted octanol–water partition coefficient (Wildman–Crippen LogP) is 5.93. The maximum atomic E-state index is 13.5. The first-order chi connectivity index (χ1) is 12.7. The summed E-state index contributed by atoms with van der Waals surface area (Å²) in [6.07, 6.45) is 1.18. The van der Waals surface area contributed by atoms with Crippen molar-refractivity contribution in [1.29, 1.82) is 0 Å². The van der Waals surface area contributed by atoms with Crippen molar-refractivity contribution >= 4 is 46.4 Å². The molecule has 3 aromatic rings. The minimum Gasteiger partial charge on any atom is -0.321 e. The van der Waals surface area contributed by atoms with Crippen molar-refractivity contribution in [1.82, 2.24) is 9.78 Å². The van der Waals surface area contributed by atoms with Gasteiger partial charge in [-0.15, -0.1) is 0 Å². The van der Waals surface area contributed by atoms with Gasteiger partial charge in [-0.1, -0.05) is 47.5 Å². The molecule has 1 amide bonds. The van der Waals surface area contributed by atoms with E-state index in [-0.39, 0.29) is 5.56 Å². The topological polar surface area (TPSA) is 46.9 Å². The summed E-state index contributed by atoms with van der Waals surface area (Å²) in [4.78, 5) is 12.6. The highest BCUT2D eigenvalue weighted by Gasteiger charge is 2.36. The zero-order valence-corrected chi connectivity index (χ0v) is 16.1. The molecule has 0 atom stereocenters.